The molecular formula is C41H81NO3. The SMILES string of the molecule is CCCCCCCCCCCCCCCC[C@@H](CO)NC(=O)CCCCCCCCCCC(=O)CCCCCCCCCCC. The Morgan fingerprint density at radius 3 is 1.04 bits per heavy atom. The minimum absolute atomic E-state index is 0.0506. The lowest BCUT2D eigenvalue weighted by Gasteiger charge is -2.16. The van der Waals surface area contributed by atoms with Crippen molar-refractivity contribution in [2.45, 2.75) is 245 Å². The Labute approximate surface area is 282 Å². The zero-order valence-electron chi connectivity index (χ0n) is 30.8. The van der Waals surface area contributed by atoms with Crippen molar-refractivity contribution in [3.05, 3.63) is 0 Å². The summed E-state index contributed by atoms with van der Waals surface area (Å²) in [5, 5.41) is 12.8. The van der Waals surface area contributed by atoms with E-state index in [9.17, 15) is 14.7 Å². The van der Waals surface area contributed by atoms with Gasteiger partial charge in [0.15, 0.2) is 0 Å². The fourth-order valence-corrected chi connectivity index (χ4v) is 6.52. The second-order valence-electron chi connectivity index (χ2n) is 14.3. The number of hydrogen-bond donors (Lipinski definition) is 2. The van der Waals surface area contributed by atoms with Gasteiger partial charge in [-0.2, -0.15) is 0 Å². The van der Waals surface area contributed by atoms with Crippen molar-refractivity contribution < 1.29 is 14.7 Å². The molecule has 0 bridgehead atoms. The minimum Gasteiger partial charge on any atom is -0.394 e. The van der Waals surface area contributed by atoms with Gasteiger partial charge < -0.3 is 10.4 Å². The molecule has 4 nitrogen and oxygen atoms in total. The van der Waals surface area contributed by atoms with Crippen molar-refractivity contribution in [2.24, 2.45) is 0 Å². The molecule has 268 valence electrons. The molecule has 0 radical (unpaired) electrons. The largest absolute Gasteiger partial charge is 0.394 e. The number of Topliss-reactive ketones (excluding diaryl/α,β-unsaturated/α-hetero) is 1. The molecule has 4 heteroatoms. The first-order valence-electron chi connectivity index (χ1n) is 20.6. The molecule has 0 aromatic carbocycles. The van der Waals surface area contributed by atoms with Crippen molar-refractivity contribution in [2.75, 3.05) is 6.61 Å². The van der Waals surface area contributed by atoms with Crippen LogP contribution >= 0.6 is 0 Å². The summed E-state index contributed by atoms with van der Waals surface area (Å²) in [5.74, 6) is 0.575. The fourth-order valence-electron chi connectivity index (χ4n) is 6.52. The molecule has 0 saturated carbocycles. The van der Waals surface area contributed by atoms with E-state index < -0.39 is 0 Å². The van der Waals surface area contributed by atoms with Crippen LogP contribution < -0.4 is 5.32 Å². The predicted octanol–water partition coefficient (Wildman–Crippen LogP) is 12.7. The minimum atomic E-state index is -0.0770. The van der Waals surface area contributed by atoms with Crippen molar-refractivity contribution in [3.63, 3.8) is 0 Å². The number of amides is 1. The summed E-state index contributed by atoms with van der Waals surface area (Å²) in [6, 6.07) is -0.0770. The molecule has 0 aromatic rings. The number of carbonyl (C=O) groups is 2. The molecule has 0 aliphatic carbocycles. The van der Waals surface area contributed by atoms with Crippen LogP contribution in [-0.2, 0) is 9.59 Å². The van der Waals surface area contributed by atoms with E-state index in [1.54, 1.807) is 0 Å². The van der Waals surface area contributed by atoms with Gasteiger partial charge in [-0.25, -0.2) is 0 Å². The fraction of sp³-hybridized carbons (Fsp3) is 0.951. The number of carbonyl (C=O) groups excluding carboxylic acids is 2. The highest BCUT2D eigenvalue weighted by Crippen LogP contribution is 2.16. The van der Waals surface area contributed by atoms with Crippen molar-refractivity contribution in [3.8, 4) is 0 Å². The van der Waals surface area contributed by atoms with Crippen LogP contribution in [0.3, 0.4) is 0 Å². The van der Waals surface area contributed by atoms with Gasteiger partial charge in [-0.05, 0) is 25.7 Å². The van der Waals surface area contributed by atoms with Crippen LogP contribution in [0.25, 0.3) is 0 Å². The molecule has 0 heterocycles. The summed E-state index contributed by atoms with van der Waals surface area (Å²) < 4.78 is 0. The van der Waals surface area contributed by atoms with Gasteiger partial charge in [0.2, 0.25) is 5.91 Å². The van der Waals surface area contributed by atoms with E-state index in [0.717, 1.165) is 51.4 Å². The molecule has 2 N–H and O–H groups in total. The summed E-state index contributed by atoms with van der Waals surface area (Å²) in [4.78, 5) is 24.4. The maximum atomic E-state index is 12.3. The Morgan fingerprint density at radius 2 is 0.711 bits per heavy atom. The third-order valence-corrected chi connectivity index (χ3v) is 9.66. The van der Waals surface area contributed by atoms with Crippen LogP contribution in [0.15, 0.2) is 0 Å². The van der Waals surface area contributed by atoms with E-state index >= 15 is 0 Å². The Bertz CT molecular complexity index is 608. The highest BCUT2D eigenvalue weighted by Gasteiger charge is 2.11. The van der Waals surface area contributed by atoms with Crippen LogP contribution in [0.4, 0.5) is 0 Å². The smallest absolute Gasteiger partial charge is 0.220 e. The standard InChI is InChI=1S/C41H81NO3/c1-3-5-7-9-11-13-14-15-16-17-19-22-26-30-34-39(38-43)42-41(45)37-33-29-25-21-20-24-28-32-36-40(44)35-31-27-23-18-12-10-8-6-4-2/h39,43H,3-38H2,1-2H3,(H,42,45)/t39-/m0/s1. The number of unbranched alkanes of at least 4 members (excludes halogenated alkanes) is 28. The summed E-state index contributed by atoms with van der Waals surface area (Å²) in [6.45, 7) is 4.59. The van der Waals surface area contributed by atoms with E-state index in [2.05, 4.69) is 19.2 Å². The van der Waals surface area contributed by atoms with E-state index in [4.69, 9.17) is 0 Å². The number of aliphatic hydroxyl groups is 1. The lowest BCUT2D eigenvalue weighted by Crippen LogP contribution is -2.37. The number of aliphatic hydroxyl groups excluding tert-OH is 1. The summed E-state index contributed by atoms with van der Waals surface area (Å²) in [7, 11) is 0. The monoisotopic (exact) mass is 636 g/mol. The molecule has 1 amide bonds. The van der Waals surface area contributed by atoms with E-state index in [1.165, 1.54) is 167 Å². The first kappa shape index (κ1) is 44.1. The Balaban J connectivity index is 3.43. The lowest BCUT2D eigenvalue weighted by atomic mass is 10.0. The van der Waals surface area contributed by atoms with Gasteiger partial charge in [-0.3, -0.25) is 9.59 Å². The van der Waals surface area contributed by atoms with Crippen molar-refractivity contribution in [1.29, 1.82) is 0 Å². The molecule has 0 spiro atoms. The number of rotatable bonds is 38. The first-order chi connectivity index (χ1) is 22.1. The molecule has 0 unspecified atom stereocenters. The molecule has 1 atom stereocenters. The molecule has 0 aliphatic heterocycles. The van der Waals surface area contributed by atoms with E-state index in [0.29, 0.717) is 12.2 Å². The summed E-state index contributed by atoms with van der Waals surface area (Å²) in [6.07, 6.45) is 42.9. The molecule has 0 aromatic heterocycles. The quantitative estimate of drug-likeness (QED) is 0.0663. The molecule has 0 fully saturated rings. The van der Waals surface area contributed by atoms with Crippen LogP contribution in [-0.4, -0.2) is 29.4 Å². The van der Waals surface area contributed by atoms with Gasteiger partial charge in [-0.15, -0.1) is 0 Å². The highest BCUT2D eigenvalue weighted by atomic mass is 16.3. The summed E-state index contributed by atoms with van der Waals surface area (Å²) >= 11 is 0. The van der Waals surface area contributed by atoms with Gasteiger partial charge >= 0.3 is 0 Å². The Morgan fingerprint density at radius 1 is 0.422 bits per heavy atom. The van der Waals surface area contributed by atoms with E-state index in [1.807, 2.05) is 0 Å². The highest BCUT2D eigenvalue weighted by molar-refractivity contribution is 5.78. The van der Waals surface area contributed by atoms with Crippen molar-refractivity contribution in [1.82, 2.24) is 5.32 Å². The van der Waals surface area contributed by atoms with Crippen LogP contribution in [0.1, 0.15) is 239 Å². The van der Waals surface area contributed by atoms with Crippen LogP contribution in [0.5, 0.6) is 0 Å². The predicted molar refractivity (Wildman–Crippen MR) is 197 cm³/mol. The molecule has 45 heavy (non-hydrogen) atoms. The molecule has 0 rings (SSSR count). The van der Waals surface area contributed by atoms with Gasteiger partial charge in [0.05, 0.1) is 12.6 Å². The topological polar surface area (TPSA) is 66.4 Å². The zero-order chi connectivity index (χ0) is 32.9. The third kappa shape index (κ3) is 35.8. The van der Waals surface area contributed by atoms with Crippen molar-refractivity contribution >= 4 is 11.7 Å². The zero-order valence-corrected chi connectivity index (χ0v) is 30.8. The first-order valence-corrected chi connectivity index (χ1v) is 20.6. The second kappa shape index (κ2) is 37.6. The maximum Gasteiger partial charge on any atom is 0.220 e. The average molecular weight is 636 g/mol. The number of hydrogen-bond acceptors (Lipinski definition) is 3. The number of nitrogens with one attached hydrogen (secondary N) is 1. The van der Waals surface area contributed by atoms with Gasteiger partial charge in [0.25, 0.3) is 0 Å². The van der Waals surface area contributed by atoms with Gasteiger partial charge in [0, 0.05) is 19.3 Å². The Kier molecular flexibility index (Phi) is 36.8. The molecular weight excluding hydrogens is 554 g/mol. The van der Waals surface area contributed by atoms with Gasteiger partial charge in [0.1, 0.15) is 5.78 Å². The molecule has 0 saturated heterocycles. The number of ketones is 1. The Hall–Kier alpha value is -0.900. The normalized spacial score (nSPS) is 12.1. The third-order valence-electron chi connectivity index (χ3n) is 9.66. The maximum absolute atomic E-state index is 12.3. The molecule has 0 aliphatic rings. The average Bonchev–Trinajstić information content (AvgIpc) is 3.04. The van der Waals surface area contributed by atoms with Crippen LogP contribution in [0, 0.1) is 0 Å². The van der Waals surface area contributed by atoms with E-state index in [-0.39, 0.29) is 18.6 Å². The van der Waals surface area contributed by atoms with Crippen LogP contribution in [0.2, 0.25) is 0 Å². The lowest BCUT2D eigenvalue weighted by molar-refractivity contribution is -0.122. The van der Waals surface area contributed by atoms with Gasteiger partial charge in [-0.1, -0.05) is 194 Å². The summed E-state index contributed by atoms with van der Waals surface area (Å²) in [5.41, 5.74) is 0. The second-order valence-corrected chi connectivity index (χ2v) is 14.3.